The van der Waals surface area contributed by atoms with Crippen LogP contribution >= 0.6 is 0 Å². The molecule has 36 heavy (non-hydrogen) atoms. The van der Waals surface area contributed by atoms with Crippen molar-refractivity contribution in [2.45, 2.75) is 80.1 Å². The Labute approximate surface area is 223 Å². The summed E-state index contributed by atoms with van der Waals surface area (Å²) in [6, 6.07) is 41.8. The lowest BCUT2D eigenvalue weighted by Crippen LogP contribution is -2.10. The monoisotopic (exact) mass is 482 g/mol. The zero-order valence-electron chi connectivity index (χ0n) is 24.3. The van der Waals surface area contributed by atoms with Crippen LogP contribution in [0.4, 0.5) is 0 Å². The SMILES string of the molecule is CC.CC(C)(C)c1ccccc1.CC(C)c1ccccc1.CCc1ccccc1.Cc1ccccc1. The molecular weight excluding hydrogens is 432 g/mol. The molecule has 0 fully saturated rings. The Morgan fingerprint density at radius 2 is 0.917 bits per heavy atom. The molecule has 0 aliphatic rings. The predicted octanol–water partition coefficient (Wildman–Crippen LogP) is 11.1. The first-order valence-electron chi connectivity index (χ1n) is 13.4. The van der Waals surface area contributed by atoms with E-state index in [2.05, 4.69) is 139 Å². The van der Waals surface area contributed by atoms with E-state index < -0.39 is 0 Å². The molecule has 4 rings (SSSR count). The second-order valence-electron chi connectivity index (χ2n) is 9.68. The van der Waals surface area contributed by atoms with Gasteiger partial charge in [0, 0.05) is 0 Å². The Bertz CT molecular complexity index is 964. The highest BCUT2D eigenvalue weighted by molar-refractivity contribution is 5.22. The van der Waals surface area contributed by atoms with Crippen molar-refractivity contribution in [2.75, 3.05) is 0 Å². The van der Waals surface area contributed by atoms with Gasteiger partial charge in [-0.05, 0) is 41.4 Å². The fraction of sp³-hybridized carbons (Fsp3) is 0.333. The Hall–Kier alpha value is -3.12. The number of hydrogen-bond acceptors (Lipinski definition) is 0. The molecule has 0 aliphatic carbocycles. The van der Waals surface area contributed by atoms with Crippen molar-refractivity contribution < 1.29 is 0 Å². The molecule has 0 aliphatic heterocycles. The zero-order valence-corrected chi connectivity index (χ0v) is 24.3. The van der Waals surface area contributed by atoms with Crippen LogP contribution in [0.15, 0.2) is 121 Å². The fourth-order valence-electron chi connectivity index (χ4n) is 3.02. The maximum absolute atomic E-state index is 2.22. The highest BCUT2D eigenvalue weighted by Crippen LogP contribution is 2.20. The average molecular weight is 483 g/mol. The van der Waals surface area contributed by atoms with Gasteiger partial charge in [0.25, 0.3) is 0 Å². The molecule has 0 amide bonds. The van der Waals surface area contributed by atoms with Gasteiger partial charge in [-0.15, -0.1) is 0 Å². The Kier molecular flexibility index (Phi) is 18.4. The molecule has 0 nitrogen and oxygen atoms in total. The maximum atomic E-state index is 2.22. The van der Waals surface area contributed by atoms with Crippen LogP contribution in [0.25, 0.3) is 0 Å². The van der Waals surface area contributed by atoms with Crippen molar-refractivity contribution in [3.63, 3.8) is 0 Å². The number of hydrogen-bond donors (Lipinski definition) is 0. The van der Waals surface area contributed by atoms with Gasteiger partial charge < -0.3 is 0 Å². The van der Waals surface area contributed by atoms with Crippen LogP contribution in [0.1, 0.15) is 83.6 Å². The first-order valence-corrected chi connectivity index (χ1v) is 13.4. The maximum Gasteiger partial charge on any atom is -0.0132 e. The molecule has 0 bridgehead atoms. The lowest BCUT2D eigenvalue weighted by Gasteiger charge is -2.18. The highest BCUT2D eigenvalue weighted by Gasteiger charge is 2.11. The summed E-state index contributed by atoms with van der Waals surface area (Å²) in [6.45, 7) is 19.3. The first kappa shape index (κ1) is 32.9. The Morgan fingerprint density at radius 3 is 1.14 bits per heavy atom. The van der Waals surface area contributed by atoms with E-state index >= 15 is 0 Å². The summed E-state index contributed by atoms with van der Waals surface area (Å²) < 4.78 is 0. The Balaban J connectivity index is 0.000000446. The van der Waals surface area contributed by atoms with Crippen LogP contribution in [0.5, 0.6) is 0 Å². The minimum absolute atomic E-state index is 0.293. The number of benzene rings is 4. The molecule has 4 aromatic carbocycles. The van der Waals surface area contributed by atoms with E-state index in [0.29, 0.717) is 11.3 Å². The first-order chi connectivity index (χ1) is 17.2. The van der Waals surface area contributed by atoms with Crippen molar-refractivity contribution in [2.24, 2.45) is 0 Å². The lowest BCUT2D eigenvalue weighted by atomic mass is 9.87. The van der Waals surface area contributed by atoms with Crippen LogP contribution in [-0.2, 0) is 11.8 Å². The molecule has 0 radical (unpaired) electrons. The molecule has 0 aromatic heterocycles. The van der Waals surface area contributed by atoms with Gasteiger partial charge in [0.15, 0.2) is 0 Å². The summed E-state index contributed by atoms with van der Waals surface area (Å²) in [5, 5.41) is 0. The van der Waals surface area contributed by atoms with Crippen molar-refractivity contribution in [1.29, 1.82) is 0 Å². The van der Waals surface area contributed by atoms with Crippen molar-refractivity contribution in [1.82, 2.24) is 0 Å². The molecule has 4 aromatic rings. The van der Waals surface area contributed by atoms with Gasteiger partial charge in [-0.25, -0.2) is 0 Å². The van der Waals surface area contributed by atoms with Crippen LogP contribution in [0, 0.1) is 6.92 Å². The van der Waals surface area contributed by atoms with E-state index in [4.69, 9.17) is 0 Å². The third kappa shape index (κ3) is 16.5. The summed E-state index contributed by atoms with van der Waals surface area (Å²) in [5.74, 6) is 0.659. The van der Waals surface area contributed by atoms with Crippen LogP contribution in [0.2, 0.25) is 0 Å². The lowest BCUT2D eigenvalue weighted by molar-refractivity contribution is 0.590. The van der Waals surface area contributed by atoms with Crippen molar-refractivity contribution in [3.8, 4) is 0 Å². The second kappa shape index (κ2) is 20.1. The van der Waals surface area contributed by atoms with Crippen LogP contribution in [-0.4, -0.2) is 0 Å². The van der Waals surface area contributed by atoms with E-state index in [9.17, 15) is 0 Å². The smallest absolute Gasteiger partial charge is 0.0132 e. The largest absolute Gasteiger partial charge is 0.0683 e. The molecule has 0 heteroatoms. The van der Waals surface area contributed by atoms with E-state index in [-0.39, 0.29) is 0 Å². The summed E-state index contributed by atoms with van der Waals surface area (Å²) >= 11 is 0. The molecule has 0 atom stereocenters. The molecule has 0 spiro atoms. The average Bonchev–Trinajstić information content (AvgIpc) is 2.92. The molecule has 0 unspecified atom stereocenters. The summed E-state index contributed by atoms with van der Waals surface area (Å²) in [6.07, 6.45) is 1.14. The number of rotatable bonds is 2. The van der Waals surface area contributed by atoms with Crippen molar-refractivity contribution >= 4 is 0 Å². The molecule has 0 N–H and O–H groups in total. The van der Waals surface area contributed by atoms with Gasteiger partial charge in [-0.3, -0.25) is 0 Å². The topological polar surface area (TPSA) is 0 Å². The molecule has 0 saturated heterocycles. The summed E-state index contributed by atoms with van der Waals surface area (Å²) in [7, 11) is 0. The van der Waals surface area contributed by atoms with Gasteiger partial charge >= 0.3 is 0 Å². The van der Waals surface area contributed by atoms with E-state index in [1.807, 2.05) is 44.2 Å². The van der Waals surface area contributed by atoms with E-state index in [1.54, 1.807) is 0 Å². The fourth-order valence-corrected chi connectivity index (χ4v) is 3.02. The molecule has 0 heterocycles. The molecule has 194 valence electrons. The van der Waals surface area contributed by atoms with E-state index in [1.165, 1.54) is 22.3 Å². The Morgan fingerprint density at radius 1 is 0.556 bits per heavy atom. The normalized spacial score (nSPS) is 9.61. The quantitative estimate of drug-likeness (QED) is 0.266. The van der Waals surface area contributed by atoms with Gasteiger partial charge in [-0.2, -0.15) is 0 Å². The van der Waals surface area contributed by atoms with Crippen LogP contribution < -0.4 is 0 Å². The van der Waals surface area contributed by atoms with Crippen LogP contribution in [0.3, 0.4) is 0 Å². The number of aryl methyl sites for hydroxylation is 2. The summed E-state index contributed by atoms with van der Waals surface area (Å²) in [5.41, 5.74) is 5.84. The summed E-state index contributed by atoms with van der Waals surface area (Å²) in [4.78, 5) is 0. The van der Waals surface area contributed by atoms with Gasteiger partial charge in [-0.1, -0.05) is 182 Å². The van der Waals surface area contributed by atoms with Gasteiger partial charge in [0.05, 0.1) is 0 Å². The minimum Gasteiger partial charge on any atom is -0.0683 e. The predicted molar refractivity (Wildman–Crippen MR) is 164 cm³/mol. The van der Waals surface area contributed by atoms with Crippen molar-refractivity contribution in [3.05, 3.63) is 144 Å². The standard InChI is InChI=1S/C10H14.C9H12.C8H10.C7H8.C2H6/c1-10(2,3)9-7-5-4-6-8-9;1-8(2)9-6-4-3-5-7-9;1-2-8-6-4-3-5-7-8;1-7-5-3-2-4-6-7;1-2/h4-8H,1-3H3;3-8H,1-2H3;3-7H,2H2,1H3;2-6H,1H3;1-2H3. The zero-order chi connectivity index (χ0) is 27.2. The van der Waals surface area contributed by atoms with E-state index in [0.717, 1.165) is 6.42 Å². The van der Waals surface area contributed by atoms with Gasteiger partial charge in [0.1, 0.15) is 0 Å². The molecule has 0 saturated carbocycles. The third-order valence-corrected chi connectivity index (χ3v) is 5.30. The second-order valence-corrected chi connectivity index (χ2v) is 9.68. The highest BCUT2D eigenvalue weighted by atomic mass is 14.2. The minimum atomic E-state index is 0.293. The molecular formula is C36H50. The third-order valence-electron chi connectivity index (χ3n) is 5.30. The van der Waals surface area contributed by atoms with Gasteiger partial charge in [0.2, 0.25) is 0 Å².